The van der Waals surface area contributed by atoms with E-state index in [1.807, 2.05) is 0 Å². The number of aliphatic hydroxyl groups excluding tert-OH is 1. The lowest BCUT2D eigenvalue weighted by molar-refractivity contribution is -0.394. The van der Waals surface area contributed by atoms with E-state index in [0.29, 0.717) is 31.7 Å². The Labute approximate surface area is 206 Å². The summed E-state index contributed by atoms with van der Waals surface area (Å²) in [7, 11) is 0. The molecule has 0 radical (unpaired) electrons. The van der Waals surface area contributed by atoms with E-state index in [-0.39, 0.29) is 0 Å². The largest absolute Gasteiger partial charge is 0.473 e. The summed E-state index contributed by atoms with van der Waals surface area (Å²) in [5.41, 5.74) is -9.69. The second kappa shape index (κ2) is 8.23. The van der Waals surface area contributed by atoms with Gasteiger partial charge in [0, 0.05) is 0 Å². The van der Waals surface area contributed by atoms with Crippen LogP contribution in [0.1, 0.15) is 34.6 Å². The Morgan fingerprint density at radius 2 is 1.54 bits per heavy atom. The highest BCUT2D eigenvalue weighted by molar-refractivity contribution is 6.12. The van der Waals surface area contributed by atoms with E-state index in [4.69, 9.17) is 10.5 Å². The Hall–Kier alpha value is -4.06. The number of carbonyl (C=O) groups excluding carboxylic acids is 5. The van der Waals surface area contributed by atoms with Gasteiger partial charge in [-0.1, -0.05) is 0 Å². The highest BCUT2D eigenvalue weighted by Gasteiger charge is 2.89. The second-order valence-corrected chi connectivity index (χ2v) is 8.59. The monoisotopic (exact) mass is 522 g/mol. The van der Waals surface area contributed by atoms with E-state index in [0.717, 1.165) is 13.8 Å². The van der Waals surface area contributed by atoms with Crippen LogP contribution in [0.2, 0.25) is 0 Å². The van der Waals surface area contributed by atoms with Crippen molar-refractivity contribution in [2.24, 2.45) is 0 Å². The standard InChI is InChI=1S/C20H22N6O11/c1-7(27)13(32)17(8(2)28)18(33,9(3)29)19(34,10(4)30)20(37-17,11(5)31)25-6-22-12-14(21)23-16(26(35)36)24-15(12)25/h6,13,32-34H,1-5H3,(H2,21,23,24)/t13?,17-,18-,19-,20-/m1/s1. The van der Waals surface area contributed by atoms with Gasteiger partial charge in [0.1, 0.15) is 6.33 Å². The predicted molar refractivity (Wildman–Crippen MR) is 117 cm³/mol. The van der Waals surface area contributed by atoms with Gasteiger partial charge in [-0.3, -0.25) is 28.5 Å². The van der Waals surface area contributed by atoms with E-state index < -0.39 is 85.4 Å². The van der Waals surface area contributed by atoms with Crippen molar-refractivity contribution in [3.8, 4) is 0 Å². The Morgan fingerprint density at radius 3 is 1.95 bits per heavy atom. The zero-order valence-electron chi connectivity index (χ0n) is 20.1. The van der Waals surface area contributed by atoms with Gasteiger partial charge in [0.2, 0.25) is 34.0 Å². The lowest BCUT2D eigenvalue weighted by atomic mass is 9.62. The summed E-state index contributed by atoms with van der Waals surface area (Å²) in [5, 5.41) is 45.9. The number of ether oxygens (including phenoxy) is 1. The first-order valence-electron chi connectivity index (χ1n) is 10.4. The molecule has 1 unspecified atom stereocenters. The minimum Gasteiger partial charge on any atom is -0.390 e. The third-order valence-corrected chi connectivity index (χ3v) is 6.56. The topological polar surface area (TPSA) is 268 Å². The maximum atomic E-state index is 13.4. The van der Waals surface area contributed by atoms with Gasteiger partial charge in [0.25, 0.3) is 0 Å². The van der Waals surface area contributed by atoms with Gasteiger partial charge in [-0.15, -0.1) is 0 Å². The number of imidazole rings is 1. The Balaban J connectivity index is 2.68. The smallest absolute Gasteiger partial charge is 0.390 e. The van der Waals surface area contributed by atoms with Gasteiger partial charge in [0.05, 0.1) is 0 Å². The minimum absolute atomic E-state index is 0.403. The summed E-state index contributed by atoms with van der Waals surface area (Å²) in [5.74, 6) is -8.83. The third-order valence-electron chi connectivity index (χ3n) is 6.56. The lowest BCUT2D eigenvalue weighted by Gasteiger charge is -2.44. The zero-order valence-corrected chi connectivity index (χ0v) is 20.1. The summed E-state index contributed by atoms with van der Waals surface area (Å²) in [6.07, 6.45) is -2.03. The molecule has 17 heteroatoms. The average Bonchev–Trinajstić information content (AvgIpc) is 3.30. The lowest BCUT2D eigenvalue weighted by Crippen LogP contribution is -2.77. The molecule has 5 atom stereocenters. The Morgan fingerprint density at radius 1 is 1.00 bits per heavy atom. The van der Waals surface area contributed by atoms with Crippen molar-refractivity contribution in [1.82, 2.24) is 19.5 Å². The number of nitrogens with zero attached hydrogens (tertiary/aromatic N) is 5. The fourth-order valence-electron chi connectivity index (χ4n) is 4.91. The highest BCUT2D eigenvalue weighted by Crippen LogP contribution is 2.58. The maximum Gasteiger partial charge on any atom is 0.473 e. The molecule has 0 aromatic carbocycles. The molecule has 1 aliphatic heterocycles. The fourth-order valence-corrected chi connectivity index (χ4v) is 4.91. The molecule has 198 valence electrons. The summed E-state index contributed by atoms with van der Waals surface area (Å²) < 4.78 is 6.12. The third kappa shape index (κ3) is 2.98. The van der Waals surface area contributed by atoms with Crippen molar-refractivity contribution in [2.45, 2.75) is 63.3 Å². The first-order chi connectivity index (χ1) is 16.9. The molecule has 1 saturated heterocycles. The number of anilines is 1. The van der Waals surface area contributed by atoms with Crippen molar-refractivity contribution < 1.29 is 49.0 Å². The van der Waals surface area contributed by atoms with Crippen molar-refractivity contribution in [2.75, 3.05) is 5.73 Å². The van der Waals surface area contributed by atoms with Crippen LogP contribution in [0.4, 0.5) is 11.8 Å². The minimum atomic E-state index is -3.77. The van der Waals surface area contributed by atoms with Gasteiger partial charge in [-0.05, 0) is 49.5 Å². The van der Waals surface area contributed by atoms with Crippen LogP contribution >= 0.6 is 0 Å². The van der Waals surface area contributed by atoms with E-state index in [9.17, 15) is 49.4 Å². The van der Waals surface area contributed by atoms with Crippen LogP contribution in [0.15, 0.2) is 6.33 Å². The summed E-state index contributed by atoms with van der Waals surface area (Å²) in [6.45, 7) is 3.40. The molecule has 17 nitrogen and oxygen atoms in total. The maximum absolute atomic E-state index is 13.4. The Bertz CT molecular complexity index is 1410. The molecule has 0 amide bonds. The number of aliphatic hydroxyl groups is 3. The molecule has 1 fully saturated rings. The number of carbonyl (C=O) groups is 5. The molecule has 5 N–H and O–H groups in total. The van der Waals surface area contributed by atoms with Gasteiger partial charge in [-0.25, -0.2) is 4.98 Å². The van der Waals surface area contributed by atoms with E-state index in [2.05, 4.69) is 15.0 Å². The van der Waals surface area contributed by atoms with Crippen LogP contribution in [0.3, 0.4) is 0 Å². The molecule has 3 rings (SSSR count). The SMILES string of the molecule is CC(=O)C(O)[C@@]1(C(C)=O)O[C@@](C(C)=O)(n2cnc3c(N)nc([N+](=O)[O-])nc32)[C@@](O)(C(C)=O)[C@@]1(O)C(C)=O. The van der Waals surface area contributed by atoms with E-state index >= 15 is 0 Å². The molecular weight excluding hydrogens is 500 g/mol. The number of rotatable bonds is 8. The normalized spacial score (nSPS) is 30.2. The van der Waals surface area contributed by atoms with Crippen molar-refractivity contribution in [3.05, 3.63) is 16.4 Å². The molecule has 0 spiro atoms. The number of ketones is 5. The molecule has 0 bridgehead atoms. The molecule has 37 heavy (non-hydrogen) atoms. The van der Waals surface area contributed by atoms with Gasteiger partial charge in [0.15, 0.2) is 40.5 Å². The van der Waals surface area contributed by atoms with Crippen molar-refractivity contribution in [3.63, 3.8) is 0 Å². The first kappa shape index (κ1) is 27.5. The van der Waals surface area contributed by atoms with Gasteiger partial charge < -0.3 is 35.9 Å². The van der Waals surface area contributed by atoms with Crippen LogP contribution < -0.4 is 5.73 Å². The number of fused-ring (bicyclic) bond motifs is 1. The first-order valence-corrected chi connectivity index (χ1v) is 10.4. The number of hydrogen-bond acceptors (Lipinski definition) is 15. The van der Waals surface area contributed by atoms with Gasteiger partial charge >= 0.3 is 5.95 Å². The number of Topliss-reactive ketones (excluding diaryl/α,β-unsaturated/α-hetero) is 5. The number of nitro groups is 1. The summed E-state index contributed by atoms with van der Waals surface area (Å²) >= 11 is 0. The number of nitrogens with two attached hydrogens (primary N) is 1. The van der Waals surface area contributed by atoms with Crippen LogP contribution in [-0.4, -0.2) is 91.6 Å². The molecular formula is C20H22N6O11. The van der Waals surface area contributed by atoms with E-state index in [1.54, 1.807) is 0 Å². The molecule has 2 aromatic rings. The zero-order chi connectivity index (χ0) is 28.5. The van der Waals surface area contributed by atoms with Crippen LogP contribution in [0.5, 0.6) is 0 Å². The molecule has 0 saturated carbocycles. The number of aromatic nitrogens is 4. The van der Waals surface area contributed by atoms with Crippen molar-refractivity contribution >= 4 is 51.8 Å². The van der Waals surface area contributed by atoms with Crippen LogP contribution in [0.25, 0.3) is 11.2 Å². The molecule has 2 aromatic heterocycles. The van der Waals surface area contributed by atoms with E-state index in [1.165, 1.54) is 0 Å². The average molecular weight is 522 g/mol. The molecule has 3 heterocycles. The van der Waals surface area contributed by atoms with Gasteiger partial charge in [-0.2, -0.15) is 0 Å². The van der Waals surface area contributed by atoms with Crippen molar-refractivity contribution in [1.29, 1.82) is 0 Å². The predicted octanol–water partition coefficient (Wildman–Crippen LogP) is -2.49. The van der Waals surface area contributed by atoms with Crippen LogP contribution in [0, 0.1) is 10.1 Å². The summed E-state index contributed by atoms with van der Waals surface area (Å²) in [4.78, 5) is 86.0. The highest BCUT2D eigenvalue weighted by atomic mass is 16.6. The fraction of sp³-hybridized carbons (Fsp3) is 0.500. The molecule has 0 aliphatic carbocycles. The number of nitrogen functional groups attached to an aromatic ring is 1. The summed E-state index contributed by atoms with van der Waals surface area (Å²) in [6, 6.07) is 0. The second-order valence-electron chi connectivity index (χ2n) is 8.59. The Kier molecular flexibility index (Phi) is 6.13. The quantitative estimate of drug-likeness (QED) is 0.206. The van der Waals surface area contributed by atoms with Crippen LogP contribution in [-0.2, 0) is 34.4 Å². The number of hydrogen-bond donors (Lipinski definition) is 4. The molecule has 1 aliphatic rings.